The lowest BCUT2D eigenvalue weighted by molar-refractivity contribution is 0.206. The van der Waals surface area contributed by atoms with Gasteiger partial charge in [0.1, 0.15) is 0 Å². The summed E-state index contributed by atoms with van der Waals surface area (Å²) in [6, 6.07) is 2.38. The van der Waals surface area contributed by atoms with Crippen molar-refractivity contribution < 1.29 is 5.11 Å². The van der Waals surface area contributed by atoms with Crippen LogP contribution in [0.15, 0.2) is 6.07 Å². The van der Waals surface area contributed by atoms with Gasteiger partial charge in [-0.15, -0.1) is 0 Å². The van der Waals surface area contributed by atoms with Crippen molar-refractivity contribution in [3.05, 3.63) is 17.5 Å². The Labute approximate surface area is 91.3 Å². The van der Waals surface area contributed by atoms with E-state index in [9.17, 15) is 0 Å². The fourth-order valence-corrected chi connectivity index (χ4v) is 1.45. The van der Waals surface area contributed by atoms with Crippen LogP contribution < -0.4 is 5.32 Å². The first kappa shape index (κ1) is 12.2. The number of hydrogen-bond acceptors (Lipinski definition) is 3. The van der Waals surface area contributed by atoms with Crippen molar-refractivity contribution in [2.24, 2.45) is 13.0 Å². The summed E-state index contributed by atoms with van der Waals surface area (Å²) in [4.78, 5) is 0. The minimum atomic E-state index is 0.221. The van der Waals surface area contributed by atoms with Crippen LogP contribution in [-0.2, 0) is 13.6 Å². The Kier molecular flexibility index (Phi) is 4.29. The van der Waals surface area contributed by atoms with E-state index in [-0.39, 0.29) is 12.5 Å². The number of rotatable bonds is 5. The van der Waals surface area contributed by atoms with Gasteiger partial charge in [-0.05, 0) is 25.8 Å². The highest BCUT2D eigenvalue weighted by molar-refractivity contribution is 5.08. The summed E-state index contributed by atoms with van der Waals surface area (Å²) in [7, 11) is 1.95. The Balaban J connectivity index is 2.46. The highest BCUT2D eigenvalue weighted by atomic mass is 16.3. The number of aryl methyl sites for hydroxylation is 2. The van der Waals surface area contributed by atoms with E-state index in [1.807, 2.05) is 25.6 Å². The molecule has 0 fully saturated rings. The number of aromatic nitrogens is 2. The molecular formula is C11H21N3O. The van der Waals surface area contributed by atoms with Crippen LogP contribution in [-0.4, -0.2) is 27.5 Å². The van der Waals surface area contributed by atoms with Crippen molar-refractivity contribution in [3.8, 4) is 0 Å². The zero-order valence-electron chi connectivity index (χ0n) is 9.99. The average molecular weight is 211 g/mol. The van der Waals surface area contributed by atoms with Gasteiger partial charge in [-0.25, -0.2) is 0 Å². The Morgan fingerprint density at radius 2 is 2.20 bits per heavy atom. The first-order chi connectivity index (χ1) is 7.04. The van der Waals surface area contributed by atoms with Gasteiger partial charge in [-0.1, -0.05) is 6.92 Å². The maximum atomic E-state index is 9.00. The molecule has 86 valence electrons. The van der Waals surface area contributed by atoms with Crippen LogP contribution in [0.3, 0.4) is 0 Å². The van der Waals surface area contributed by atoms with Gasteiger partial charge < -0.3 is 10.4 Å². The lowest BCUT2D eigenvalue weighted by Crippen LogP contribution is -2.33. The average Bonchev–Trinajstić information content (AvgIpc) is 2.52. The molecule has 4 heteroatoms. The van der Waals surface area contributed by atoms with Gasteiger partial charge >= 0.3 is 0 Å². The van der Waals surface area contributed by atoms with E-state index in [4.69, 9.17) is 5.11 Å². The number of nitrogens with one attached hydrogen (secondary N) is 1. The van der Waals surface area contributed by atoms with E-state index in [1.54, 1.807) is 0 Å². The van der Waals surface area contributed by atoms with E-state index in [0.717, 1.165) is 12.2 Å². The van der Waals surface area contributed by atoms with Crippen LogP contribution in [0.4, 0.5) is 0 Å². The summed E-state index contributed by atoms with van der Waals surface area (Å²) in [5.74, 6) is 0.277. The smallest absolute Gasteiger partial charge is 0.0597 e. The molecule has 0 aliphatic rings. The van der Waals surface area contributed by atoms with Crippen LogP contribution in [0.5, 0.6) is 0 Å². The molecular weight excluding hydrogens is 190 g/mol. The van der Waals surface area contributed by atoms with E-state index in [2.05, 4.69) is 23.4 Å². The predicted molar refractivity (Wildman–Crippen MR) is 60.5 cm³/mol. The van der Waals surface area contributed by atoms with E-state index in [0.29, 0.717) is 6.04 Å². The standard InChI is InChI=1S/C11H21N3O/c1-8(7-15)10(3)12-6-11-5-9(2)13-14(11)4/h5,8,10,12,15H,6-7H2,1-4H3. The number of hydrogen-bond donors (Lipinski definition) is 2. The zero-order chi connectivity index (χ0) is 11.4. The third-order valence-corrected chi connectivity index (χ3v) is 2.85. The lowest BCUT2D eigenvalue weighted by Gasteiger charge is -2.19. The summed E-state index contributed by atoms with van der Waals surface area (Å²) in [6.45, 7) is 7.13. The van der Waals surface area contributed by atoms with Crippen molar-refractivity contribution in [2.75, 3.05) is 6.61 Å². The Hall–Kier alpha value is -0.870. The normalized spacial score (nSPS) is 15.3. The molecule has 1 rings (SSSR count). The topological polar surface area (TPSA) is 50.1 Å². The second kappa shape index (κ2) is 5.28. The minimum absolute atomic E-state index is 0.221. The summed E-state index contributed by atoms with van der Waals surface area (Å²) in [5, 5.41) is 16.7. The van der Waals surface area contributed by atoms with E-state index < -0.39 is 0 Å². The second-order valence-corrected chi connectivity index (χ2v) is 4.23. The molecule has 2 unspecified atom stereocenters. The number of aliphatic hydroxyl groups is 1. The molecule has 0 spiro atoms. The maximum absolute atomic E-state index is 9.00. The van der Waals surface area contributed by atoms with Crippen molar-refractivity contribution in [3.63, 3.8) is 0 Å². The molecule has 0 radical (unpaired) electrons. The van der Waals surface area contributed by atoms with Crippen molar-refractivity contribution in [1.82, 2.24) is 15.1 Å². The molecule has 0 bridgehead atoms. The third kappa shape index (κ3) is 3.32. The maximum Gasteiger partial charge on any atom is 0.0597 e. The highest BCUT2D eigenvalue weighted by Gasteiger charge is 2.11. The summed E-state index contributed by atoms with van der Waals surface area (Å²) >= 11 is 0. The monoisotopic (exact) mass is 211 g/mol. The number of nitrogens with zero attached hydrogens (tertiary/aromatic N) is 2. The first-order valence-corrected chi connectivity index (χ1v) is 5.38. The lowest BCUT2D eigenvalue weighted by atomic mass is 10.1. The third-order valence-electron chi connectivity index (χ3n) is 2.85. The van der Waals surface area contributed by atoms with Gasteiger partial charge in [-0.3, -0.25) is 4.68 Å². The fourth-order valence-electron chi connectivity index (χ4n) is 1.45. The molecule has 0 amide bonds. The molecule has 1 aromatic heterocycles. The second-order valence-electron chi connectivity index (χ2n) is 4.23. The summed E-state index contributed by atoms with van der Waals surface area (Å²) < 4.78 is 1.89. The molecule has 0 aromatic carbocycles. The molecule has 0 saturated carbocycles. The van der Waals surface area contributed by atoms with Crippen LogP contribution in [0.1, 0.15) is 25.2 Å². The molecule has 0 aliphatic carbocycles. The molecule has 0 saturated heterocycles. The summed E-state index contributed by atoms with van der Waals surface area (Å²) in [5.41, 5.74) is 2.21. The van der Waals surface area contributed by atoms with Crippen LogP contribution in [0.2, 0.25) is 0 Å². The van der Waals surface area contributed by atoms with Crippen molar-refractivity contribution in [1.29, 1.82) is 0 Å². The highest BCUT2D eigenvalue weighted by Crippen LogP contribution is 2.05. The Morgan fingerprint density at radius 3 is 2.67 bits per heavy atom. The zero-order valence-corrected chi connectivity index (χ0v) is 9.99. The van der Waals surface area contributed by atoms with Gasteiger partial charge in [0.15, 0.2) is 0 Å². The molecule has 15 heavy (non-hydrogen) atoms. The van der Waals surface area contributed by atoms with Crippen LogP contribution in [0.25, 0.3) is 0 Å². The van der Waals surface area contributed by atoms with Crippen LogP contribution >= 0.6 is 0 Å². The fraction of sp³-hybridized carbons (Fsp3) is 0.727. The van der Waals surface area contributed by atoms with E-state index in [1.165, 1.54) is 5.69 Å². The largest absolute Gasteiger partial charge is 0.396 e. The van der Waals surface area contributed by atoms with Crippen LogP contribution in [0, 0.1) is 12.8 Å². The molecule has 2 N–H and O–H groups in total. The minimum Gasteiger partial charge on any atom is -0.396 e. The number of aliphatic hydroxyl groups excluding tert-OH is 1. The van der Waals surface area contributed by atoms with Gasteiger partial charge in [0.2, 0.25) is 0 Å². The van der Waals surface area contributed by atoms with Gasteiger partial charge in [0.25, 0.3) is 0 Å². The van der Waals surface area contributed by atoms with Gasteiger partial charge in [-0.2, -0.15) is 5.10 Å². The molecule has 1 aromatic rings. The quantitative estimate of drug-likeness (QED) is 0.758. The first-order valence-electron chi connectivity index (χ1n) is 5.38. The molecule has 0 aliphatic heterocycles. The summed E-state index contributed by atoms with van der Waals surface area (Å²) in [6.07, 6.45) is 0. The molecule has 2 atom stereocenters. The Bertz CT molecular complexity index is 309. The molecule has 1 heterocycles. The van der Waals surface area contributed by atoms with Crippen molar-refractivity contribution >= 4 is 0 Å². The molecule has 4 nitrogen and oxygen atoms in total. The van der Waals surface area contributed by atoms with Crippen molar-refractivity contribution in [2.45, 2.75) is 33.4 Å². The van der Waals surface area contributed by atoms with E-state index >= 15 is 0 Å². The Morgan fingerprint density at radius 1 is 1.53 bits per heavy atom. The SMILES string of the molecule is Cc1cc(CNC(C)C(C)CO)n(C)n1. The van der Waals surface area contributed by atoms with Gasteiger partial charge in [0, 0.05) is 26.2 Å². The van der Waals surface area contributed by atoms with Gasteiger partial charge in [0.05, 0.1) is 11.4 Å². The predicted octanol–water partition coefficient (Wildman–Crippen LogP) is 0.835.